The van der Waals surface area contributed by atoms with Crippen LogP contribution in [0.4, 0.5) is 17.6 Å². The highest BCUT2D eigenvalue weighted by Gasteiger charge is 2.30. The molecule has 1 heterocycles. The van der Waals surface area contributed by atoms with Crippen LogP contribution >= 0.6 is 0 Å². The number of hydrogen-bond donors (Lipinski definition) is 0. The van der Waals surface area contributed by atoms with Gasteiger partial charge in [-0.2, -0.15) is 17.9 Å². The molecule has 9 heteroatoms. The summed E-state index contributed by atoms with van der Waals surface area (Å²) in [7, 11) is 0. The summed E-state index contributed by atoms with van der Waals surface area (Å²) in [6.07, 6.45) is -4.40. The molecule has 5 nitrogen and oxygen atoms in total. The Morgan fingerprint density at radius 2 is 1.68 bits per heavy atom. The fraction of sp³-hybridized carbons (Fsp3) is 0.316. The summed E-state index contributed by atoms with van der Waals surface area (Å²) in [5.41, 5.74) is 0.654. The van der Waals surface area contributed by atoms with E-state index >= 15 is 0 Å². The van der Waals surface area contributed by atoms with Gasteiger partial charge in [-0.05, 0) is 65.9 Å². The molecule has 0 aliphatic rings. The Hall–Kier alpha value is -2.81. The van der Waals surface area contributed by atoms with Crippen molar-refractivity contribution in [1.82, 2.24) is 25.1 Å². The topological polar surface area (TPSA) is 46.8 Å². The number of benzene rings is 2. The fourth-order valence-electron chi connectivity index (χ4n) is 2.95. The van der Waals surface area contributed by atoms with Gasteiger partial charge < -0.3 is 0 Å². The largest absolute Gasteiger partial charge is 0.416 e. The third-order valence-electron chi connectivity index (χ3n) is 4.62. The average Bonchev–Trinajstić information content (AvgIpc) is 3.14. The summed E-state index contributed by atoms with van der Waals surface area (Å²) in [5.74, 6) is 0.195. The van der Waals surface area contributed by atoms with E-state index in [1.807, 2.05) is 13.8 Å². The number of tetrazole rings is 1. The number of aromatic nitrogens is 4. The Labute approximate surface area is 159 Å². The molecule has 0 bridgehead atoms. The summed E-state index contributed by atoms with van der Waals surface area (Å²) >= 11 is 0. The smallest absolute Gasteiger partial charge is 0.289 e. The lowest BCUT2D eigenvalue weighted by atomic mass is 10.1. The minimum Gasteiger partial charge on any atom is -0.289 e. The van der Waals surface area contributed by atoms with Crippen LogP contribution in [-0.2, 0) is 12.7 Å². The van der Waals surface area contributed by atoms with E-state index in [2.05, 4.69) is 20.4 Å². The molecule has 3 rings (SSSR count). The molecule has 0 radical (unpaired) electrons. The van der Waals surface area contributed by atoms with Crippen molar-refractivity contribution in [3.8, 4) is 5.69 Å². The van der Waals surface area contributed by atoms with Crippen LogP contribution in [-0.4, -0.2) is 31.7 Å². The van der Waals surface area contributed by atoms with E-state index in [9.17, 15) is 17.6 Å². The molecule has 0 N–H and O–H groups in total. The van der Waals surface area contributed by atoms with Crippen molar-refractivity contribution >= 4 is 0 Å². The van der Waals surface area contributed by atoms with Crippen molar-refractivity contribution in [1.29, 1.82) is 0 Å². The van der Waals surface area contributed by atoms with Gasteiger partial charge in [-0.1, -0.05) is 19.1 Å². The molecule has 0 spiro atoms. The first-order chi connectivity index (χ1) is 13.3. The third-order valence-corrected chi connectivity index (χ3v) is 4.62. The summed E-state index contributed by atoms with van der Waals surface area (Å²) in [6.45, 7) is 5.02. The van der Waals surface area contributed by atoms with Gasteiger partial charge in [0, 0.05) is 6.04 Å². The van der Waals surface area contributed by atoms with Gasteiger partial charge in [0.05, 0.1) is 17.8 Å². The van der Waals surface area contributed by atoms with Crippen LogP contribution in [0.1, 0.15) is 36.8 Å². The van der Waals surface area contributed by atoms with E-state index in [4.69, 9.17) is 0 Å². The number of hydrogen-bond acceptors (Lipinski definition) is 4. The van der Waals surface area contributed by atoms with Crippen LogP contribution in [0.25, 0.3) is 5.69 Å². The standard InChI is InChI=1S/C19H19F4N5/c1-3-27(13(2)14-4-8-16(20)9-5-14)12-18-24-25-26-28(18)17-10-6-15(7-11-17)19(21,22)23/h4-11,13H,3,12H2,1-2H3. The molecule has 0 fully saturated rings. The number of alkyl halides is 3. The van der Waals surface area contributed by atoms with Gasteiger partial charge in [-0.3, -0.25) is 4.90 Å². The lowest BCUT2D eigenvalue weighted by Gasteiger charge is -2.27. The van der Waals surface area contributed by atoms with E-state index in [1.165, 1.54) is 28.9 Å². The zero-order valence-corrected chi connectivity index (χ0v) is 15.4. The molecule has 0 amide bonds. The normalized spacial score (nSPS) is 13.1. The molecule has 0 aliphatic carbocycles. The zero-order valence-electron chi connectivity index (χ0n) is 15.4. The molecule has 3 aromatic rings. The molecular weight excluding hydrogens is 374 g/mol. The van der Waals surface area contributed by atoms with E-state index in [-0.39, 0.29) is 11.9 Å². The first kappa shape index (κ1) is 19.9. The molecular formula is C19H19F4N5. The van der Waals surface area contributed by atoms with Crippen molar-refractivity contribution in [2.45, 2.75) is 32.6 Å². The maximum Gasteiger partial charge on any atom is 0.416 e. The average molecular weight is 393 g/mol. The van der Waals surface area contributed by atoms with Crippen LogP contribution < -0.4 is 0 Å². The first-order valence-electron chi connectivity index (χ1n) is 8.74. The van der Waals surface area contributed by atoms with Crippen molar-refractivity contribution in [3.63, 3.8) is 0 Å². The molecule has 0 aliphatic heterocycles. The van der Waals surface area contributed by atoms with Crippen LogP contribution in [0.2, 0.25) is 0 Å². The van der Waals surface area contributed by atoms with E-state index in [0.717, 1.165) is 17.7 Å². The molecule has 1 unspecified atom stereocenters. The Balaban J connectivity index is 1.81. The second-order valence-electron chi connectivity index (χ2n) is 6.34. The molecule has 1 aromatic heterocycles. The minimum atomic E-state index is -4.40. The lowest BCUT2D eigenvalue weighted by molar-refractivity contribution is -0.137. The Bertz CT molecular complexity index is 903. The molecule has 0 saturated carbocycles. The highest BCUT2D eigenvalue weighted by Crippen LogP contribution is 2.29. The predicted octanol–water partition coefficient (Wildman–Crippen LogP) is 4.40. The van der Waals surface area contributed by atoms with Gasteiger partial charge in [-0.25, -0.2) is 4.39 Å². The fourth-order valence-corrected chi connectivity index (χ4v) is 2.95. The molecule has 0 saturated heterocycles. The molecule has 2 aromatic carbocycles. The third kappa shape index (κ3) is 4.36. The van der Waals surface area contributed by atoms with Crippen LogP contribution in [0, 0.1) is 5.82 Å². The molecule has 148 valence electrons. The Morgan fingerprint density at radius 1 is 1.04 bits per heavy atom. The number of halogens is 4. The molecule has 28 heavy (non-hydrogen) atoms. The Morgan fingerprint density at radius 3 is 2.25 bits per heavy atom. The summed E-state index contributed by atoms with van der Waals surface area (Å²) < 4.78 is 52.9. The predicted molar refractivity (Wildman–Crippen MR) is 95.1 cm³/mol. The van der Waals surface area contributed by atoms with Gasteiger partial charge in [0.15, 0.2) is 5.82 Å². The lowest BCUT2D eigenvalue weighted by Crippen LogP contribution is -2.28. The van der Waals surface area contributed by atoms with Gasteiger partial charge in [0.2, 0.25) is 0 Å². The second kappa shape index (κ2) is 8.05. The zero-order chi connectivity index (χ0) is 20.3. The first-order valence-corrected chi connectivity index (χ1v) is 8.74. The summed E-state index contributed by atoms with van der Waals surface area (Å²) in [5, 5.41) is 11.6. The van der Waals surface area contributed by atoms with Gasteiger partial charge in [0.25, 0.3) is 0 Å². The van der Waals surface area contributed by atoms with Crippen LogP contribution in [0.15, 0.2) is 48.5 Å². The van der Waals surface area contributed by atoms with Crippen LogP contribution in [0.5, 0.6) is 0 Å². The molecule has 1 atom stereocenters. The Kier molecular flexibility index (Phi) is 5.73. The highest BCUT2D eigenvalue weighted by atomic mass is 19.4. The van der Waals surface area contributed by atoms with Crippen LogP contribution in [0.3, 0.4) is 0 Å². The monoisotopic (exact) mass is 393 g/mol. The van der Waals surface area contributed by atoms with Crippen molar-refractivity contribution in [3.05, 3.63) is 71.3 Å². The van der Waals surface area contributed by atoms with Gasteiger partial charge >= 0.3 is 6.18 Å². The highest BCUT2D eigenvalue weighted by molar-refractivity contribution is 5.35. The second-order valence-corrected chi connectivity index (χ2v) is 6.34. The van der Waals surface area contributed by atoms with Crippen molar-refractivity contribution in [2.75, 3.05) is 6.54 Å². The van der Waals surface area contributed by atoms with Gasteiger partial charge in [0.1, 0.15) is 5.82 Å². The summed E-state index contributed by atoms with van der Waals surface area (Å²) in [4.78, 5) is 2.08. The van der Waals surface area contributed by atoms with E-state index in [1.54, 1.807) is 12.1 Å². The van der Waals surface area contributed by atoms with Gasteiger partial charge in [-0.15, -0.1) is 5.10 Å². The quantitative estimate of drug-likeness (QED) is 0.583. The minimum absolute atomic E-state index is 0.0247. The SMILES string of the molecule is CCN(Cc1nnnn1-c1ccc(C(F)(F)F)cc1)C(C)c1ccc(F)cc1. The van der Waals surface area contributed by atoms with Crippen molar-refractivity contribution in [2.24, 2.45) is 0 Å². The maximum atomic E-state index is 13.2. The number of rotatable bonds is 6. The van der Waals surface area contributed by atoms with E-state index in [0.29, 0.717) is 24.6 Å². The van der Waals surface area contributed by atoms with Crippen molar-refractivity contribution < 1.29 is 17.6 Å². The number of nitrogens with zero attached hydrogens (tertiary/aromatic N) is 5. The summed E-state index contributed by atoms with van der Waals surface area (Å²) in [6, 6.07) is 10.9. The maximum absolute atomic E-state index is 13.2. The van der Waals surface area contributed by atoms with E-state index < -0.39 is 11.7 Å².